The van der Waals surface area contributed by atoms with Crippen molar-refractivity contribution in [1.82, 2.24) is 10.2 Å². The van der Waals surface area contributed by atoms with Crippen LogP contribution in [0.15, 0.2) is 30.4 Å². The van der Waals surface area contributed by atoms with Crippen molar-refractivity contribution in [3.8, 4) is 0 Å². The van der Waals surface area contributed by atoms with Crippen LogP contribution in [0.4, 0.5) is 11.4 Å². The van der Waals surface area contributed by atoms with E-state index >= 15 is 0 Å². The summed E-state index contributed by atoms with van der Waals surface area (Å²) in [5.74, 6) is -1.23. The minimum Gasteiger partial charge on any atom is -0.378 e. The van der Waals surface area contributed by atoms with Crippen LogP contribution in [0.25, 0.3) is 0 Å². The summed E-state index contributed by atoms with van der Waals surface area (Å²) >= 11 is 0. The maximum absolute atomic E-state index is 12.5. The van der Waals surface area contributed by atoms with Crippen LogP contribution in [-0.4, -0.2) is 46.7 Å². The summed E-state index contributed by atoms with van der Waals surface area (Å²) in [6, 6.07) is 4.44. The quantitative estimate of drug-likeness (QED) is 0.291. The van der Waals surface area contributed by atoms with E-state index in [4.69, 9.17) is 0 Å². The van der Waals surface area contributed by atoms with Crippen LogP contribution in [0.3, 0.4) is 0 Å². The monoisotopic (exact) mass is 440 g/mol. The van der Waals surface area contributed by atoms with Crippen molar-refractivity contribution in [3.63, 3.8) is 0 Å². The Kier molecular flexibility index (Phi) is 6.53. The van der Waals surface area contributed by atoms with Gasteiger partial charge in [0.25, 0.3) is 11.6 Å². The number of allylic oxidation sites excluding steroid dienone is 2. The van der Waals surface area contributed by atoms with Gasteiger partial charge < -0.3 is 10.6 Å². The molecule has 9 nitrogen and oxygen atoms in total. The molecule has 0 bridgehead atoms. The molecule has 2 unspecified atom stereocenters. The van der Waals surface area contributed by atoms with Gasteiger partial charge in [0.05, 0.1) is 16.8 Å². The molecule has 0 radical (unpaired) electrons. The van der Waals surface area contributed by atoms with Crippen molar-refractivity contribution >= 4 is 29.1 Å². The molecule has 1 aromatic rings. The van der Waals surface area contributed by atoms with E-state index in [9.17, 15) is 24.5 Å². The van der Waals surface area contributed by atoms with E-state index in [1.165, 1.54) is 23.5 Å². The van der Waals surface area contributed by atoms with Crippen molar-refractivity contribution in [1.29, 1.82) is 0 Å². The Balaban J connectivity index is 1.38. The molecule has 1 heterocycles. The summed E-state index contributed by atoms with van der Waals surface area (Å²) in [4.78, 5) is 49.9. The molecule has 2 atom stereocenters. The van der Waals surface area contributed by atoms with Gasteiger partial charge in [-0.2, -0.15) is 0 Å². The normalized spacial score (nSPS) is 23.2. The summed E-state index contributed by atoms with van der Waals surface area (Å²) in [6.07, 6.45) is 10.2. The topological polar surface area (TPSA) is 122 Å². The first-order valence-electron chi connectivity index (χ1n) is 11.3. The fourth-order valence-electron chi connectivity index (χ4n) is 4.88. The Bertz CT molecular complexity index is 928. The largest absolute Gasteiger partial charge is 0.378 e. The highest BCUT2D eigenvalue weighted by Gasteiger charge is 2.46. The molecule has 1 aromatic carbocycles. The van der Waals surface area contributed by atoms with Gasteiger partial charge in [0.1, 0.15) is 5.69 Å². The molecule has 4 rings (SSSR count). The molecule has 2 N–H and O–H groups in total. The van der Waals surface area contributed by atoms with Gasteiger partial charge in [-0.05, 0) is 37.8 Å². The summed E-state index contributed by atoms with van der Waals surface area (Å²) in [6.45, 7) is 0.338. The van der Waals surface area contributed by atoms with E-state index in [2.05, 4.69) is 10.6 Å². The van der Waals surface area contributed by atoms with Crippen molar-refractivity contribution in [2.75, 3.05) is 18.4 Å². The minimum absolute atomic E-state index is 0.113. The molecule has 2 fully saturated rings. The molecule has 170 valence electrons. The molecule has 32 heavy (non-hydrogen) atoms. The van der Waals surface area contributed by atoms with Crippen LogP contribution in [0.2, 0.25) is 0 Å². The highest BCUT2D eigenvalue weighted by atomic mass is 16.6. The van der Waals surface area contributed by atoms with Gasteiger partial charge in [-0.25, -0.2) is 0 Å². The van der Waals surface area contributed by atoms with Gasteiger partial charge in [0.2, 0.25) is 11.8 Å². The van der Waals surface area contributed by atoms with Gasteiger partial charge in [0, 0.05) is 30.8 Å². The lowest BCUT2D eigenvalue weighted by Crippen LogP contribution is -2.36. The number of benzene rings is 1. The average Bonchev–Trinajstić information content (AvgIpc) is 3.04. The van der Waals surface area contributed by atoms with E-state index in [1.807, 2.05) is 12.2 Å². The highest BCUT2D eigenvalue weighted by Crippen LogP contribution is 2.35. The zero-order valence-electron chi connectivity index (χ0n) is 17.9. The number of nitro benzene ring substituents is 1. The van der Waals surface area contributed by atoms with Crippen molar-refractivity contribution in [2.45, 2.75) is 51.0 Å². The number of amides is 3. The Hall–Kier alpha value is -3.23. The molecule has 2 aliphatic carbocycles. The average molecular weight is 441 g/mol. The molecule has 1 saturated carbocycles. The van der Waals surface area contributed by atoms with Gasteiger partial charge in [-0.3, -0.25) is 29.4 Å². The van der Waals surface area contributed by atoms with Gasteiger partial charge in [-0.15, -0.1) is 0 Å². The zero-order chi connectivity index (χ0) is 22.7. The summed E-state index contributed by atoms with van der Waals surface area (Å²) in [7, 11) is 0. The minimum atomic E-state index is -0.536. The fourth-order valence-corrected chi connectivity index (χ4v) is 4.88. The lowest BCUT2D eigenvalue weighted by Gasteiger charge is -2.22. The molecule has 1 saturated heterocycles. The van der Waals surface area contributed by atoms with E-state index in [0.717, 1.165) is 25.7 Å². The maximum atomic E-state index is 12.5. The molecular formula is C23H28N4O5. The number of anilines is 1. The van der Waals surface area contributed by atoms with Crippen molar-refractivity contribution in [3.05, 3.63) is 46.0 Å². The number of nitrogens with zero attached hydrogens (tertiary/aromatic N) is 2. The number of rotatable bonds is 7. The number of carbonyl (C=O) groups excluding carboxylic acids is 3. The predicted molar refractivity (Wildman–Crippen MR) is 118 cm³/mol. The van der Waals surface area contributed by atoms with Gasteiger partial charge >= 0.3 is 0 Å². The van der Waals surface area contributed by atoms with Crippen LogP contribution in [0, 0.1) is 22.0 Å². The number of fused-ring (bicyclic) bond motifs is 1. The van der Waals surface area contributed by atoms with Crippen LogP contribution < -0.4 is 10.6 Å². The number of likely N-dealkylation sites (tertiary alicyclic amines) is 1. The molecule has 9 heteroatoms. The van der Waals surface area contributed by atoms with Crippen molar-refractivity contribution in [2.24, 2.45) is 11.8 Å². The first-order valence-corrected chi connectivity index (χ1v) is 11.3. The standard InChI is InChI=1S/C23H28N4O5/c28-21(25-16-6-2-1-3-7-16)15-10-11-19(20(14-15)27(31)32)24-12-13-26-22(29)17-8-4-5-9-18(17)23(26)30/h4-5,10-11,14,16-18,24H,1-3,6-9,12-13H2,(H,25,28). The lowest BCUT2D eigenvalue weighted by molar-refractivity contribution is -0.384. The Morgan fingerprint density at radius 2 is 1.72 bits per heavy atom. The van der Waals surface area contributed by atoms with Crippen molar-refractivity contribution < 1.29 is 19.3 Å². The third kappa shape index (κ3) is 4.51. The van der Waals surface area contributed by atoms with Crippen LogP contribution in [0.1, 0.15) is 55.3 Å². The van der Waals surface area contributed by atoms with Gasteiger partial charge in [-0.1, -0.05) is 31.4 Å². The second-order valence-electron chi connectivity index (χ2n) is 8.71. The first-order chi connectivity index (χ1) is 15.5. The Morgan fingerprint density at radius 3 is 2.34 bits per heavy atom. The summed E-state index contributed by atoms with van der Waals surface area (Å²) < 4.78 is 0. The molecule has 1 aliphatic heterocycles. The zero-order valence-corrected chi connectivity index (χ0v) is 17.9. The molecule has 3 aliphatic rings. The van der Waals surface area contributed by atoms with E-state index < -0.39 is 4.92 Å². The fraction of sp³-hybridized carbons (Fsp3) is 0.522. The number of hydrogen-bond donors (Lipinski definition) is 2. The van der Waals surface area contributed by atoms with E-state index in [-0.39, 0.29) is 65.6 Å². The smallest absolute Gasteiger partial charge is 0.293 e. The number of nitrogens with one attached hydrogen (secondary N) is 2. The maximum Gasteiger partial charge on any atom is 0.293 e. The second kappa shape index (κ2) is 9.50. The van der Waals surface area contributed by atoms with Gasteiger partial charge in [0.15, 0.2) is 0 Å². The van der Waals surface area contributed by atoms with Crippen LogP contribution in [0.5, 0.6) is 0 Å². The SMILES string of the molecule is O=C(NC1CCCCC1)c1ccc(NCCN2C(=O)C3CC=CCC3C2=O)c([N+](=O)[O-])c1. The number of hydrogen-bond acceptors (Lipinski definition) is 6. The molecular weight excluding hydrogens is 412 g/mol. The number of nitro groups is 1. The lowest BCUT2D eigenvalue weighted by atomic mass is 9.85. The van der Waals surface area contributed by atoms with E-state index in [0.29, 0.717) is 12.8 Å². The third-order valence-corrected chi connectivity index (χ3v) is 6.65. The number of imide groups is 1. The molecule has 0 spiro atoms. The Morgan fingerprint density at radius 1 is 1.06 bits per heavy atom. The molecule has 0 aromatic heterocycles. The Labute approximate surface area is 186 Å². The van der Waals surface area contributed by atoms with Crippen LogP contribution >= 0.6 is 0 Å². The molecule has 3 amide bonds. The second-order valence-corrected chi connectivity index (χ2v) is 8.71. The number of carbonyl (C=O) groups is 3. The predicted octanol–water partition coefficient (Wildman–Crippen LogP) is 3.02. The van der Waals surface area contributed by atoms with Crippen LogP contribution in [-0.2, 0) is 9.59 Å². The van der Waals surface area contributed by atoms with E-state index in [1.54, 1.807) is 6.07 Å². The third-order valence-electron chi connectivity index (χ3n) is 6.65. The summed E-state index contributed by atoms with van der Waals surface area (Å²) in [5, 5.41) is 17.5. The first kappa shape index (κ1) is 22.0. The summed E-state index contributed by atoms with van der Waals surface area (Å²) in [5.41, 5.74) is 0.287. The highest BCUT2D eigenvalue weighted by molar-refractivity contribution is 6.05.